The lowest BCUT2D eigenvalue weighted by Crippen LogP contribution is -2.59. The van der Waals surface area contributed by atoms with Crippen LogP contribution in [-0.2, 0) is 9.53 Å². The van der Waals surface area contributed by atoms with Gasteiger partial charge in [0.05, 0.1) is 18.8 Å². The molecule has 1 heterocycles. The number of esters is 1. The Morgan fingerprint density at radius 1 is 1.33 bits per heavy atom. The second-order valence-electron chi connectivity index (χ2n) is 9.20. The van der Waals surface area contributed by atoms with Gasteiger partial charge >= 0.3 is 5.97 Å². The molecule has 0 radical (unpaired) electrons. The van der Waals surface area contributed by atoms with E-state index in [4.69, 9.17) is 4.74 Å². The maximum Gasteiger partial charge on any atom is 0.305 e. The van der Waals surface area contributed by atoms with Crippen molar-refractivity contribution in [2.24, 2.45) is 22.7 Å². The van der Waals surface area contributed by atoms with Gasteiger partial charge in [0.1, 0.15) is 6.10 Å². The van der Waals surface area contributed by atoms with E-state index in [2.05, 4.69) is 6.92 Å². The largest absolute Gasteiger partial charge is 0.461 e. The summed E-state index contributed by atoms with van der Waals surface area (Å²) in [5.74, 6) is 0.887. The average Bonchev–Trinajstić information content (AvgIpc) is 3.02. The molecular weight excluding hydrogens is 364 g/mol. The number of rotatable bonds is 3. The molecule has 4 unspecified atom stereocenters. The van der Waals surface area contributed by atoms with Crippen molar-refractivity contribution in [2.75, 3.05) is 12.4 Å². The van der Waals surface area contributed by atoms with E-state index >= 15 is 0 Å². The number of fused-ring (bicyclic) bond motifs is 5. The van der Waals surface area contributed by atoms with Crippen LogP contribution in [0.15, 0.2) is 11.6 Å². The Balaban J connectivity index is 1.66. The lowest BCUT2D eigenvalue weighted by atomic mass is 9.49. The molecule has 2 saturated carbocycles. The van der Waals surface area contributed by atoms with E-state index in [9.17, 15) is 20.1 Å². The maximum absolute atomic E-state index is 11.9. The summed E-state index contributed by atoms with van der Waals surface area (Å²) in [5, 5.41) is 31.6. The Labute approximate surface area is 165 Å². The predicted octanol–water partition coefficient (Wildman–Crippen LogP) is 2.28. The number of carbonyl (C=O) groups is 1. The zero-order chi connectivity index (χ0) is 19.4. The minimum atomic E-state index is -0.562. The summed E-state index contributed by atoms with van der Waals surface area (Å²) >= 11 is 1.76. The number of carbonyl (C=O) groups excluding carboxylic acids is 1. The van der Waals surface area contributed by atoms with Gasteiger partial charge in [-0.2, -0.15) is 11.8 Å². The first-order chi connectivity index (χ1) is 12.9. The van der Waals surface area contributed by atoms with Crippen LogP contribution in [0.1, 0.15) is 52.4 Å². The van der Waals surface area contributed by atoms with Crippen molar-refractivity contribution in [3.63, 3.8) is 0 Å². The summed E-state index contributed by atoms with van der Waals surface area (Å²) in [7, 11) is 0. The van der Waals surface area contributed by atoms with Crippen LogP contribution >= 0.6 is 11.8 Å². The van der Waals surface area contributed by atoms with Crippen molar-refractivity contribution >= 4 is 17.7 Å². The van der Waals surface area contributed by atoms with Crippen molar-refractivity contribution in [3.05, 3.63) is 11.6 Å². The van der Waals surface area contributed by atoms with Gasteiger partial charge in [-0.15, -0.1) is 0 Å². The maximum atomic E-state index is 11.9. The first-order valence-corrected chi connectivity index (χ1v) is 11.4. The molecule has 3 aliphatic carbocycles. The molecule has 0 aromatic carbocycles. The summed E-state index contributed by atoms with van der Waals surface area (Å²) in [5.41, 5.74) is 0.778. The van der Waals surface area contributed by atoms with E-state index in [1.165, 1.54) is 5.57 Å². The lowest BCUT2D eigenvalue weighted by Gasteiger charge is -2.58. The first-order valence-electron chi connectivity index (χ1n) is 10.3. The van der Waals surface area contributed by atoms with E-state index in [1.54, 1.807) is 18.7 Å². The van der Waals surface area contributed by atoms with Crippen LogP contribution < -0.4 is 0 Å². The summed E-state index contributed by atoms with van der Waals surface area (Å²) in [6.07, 6.45) is 5.36. The van der Waals surface area contributed by atoms with Gasteiger partial charge < -0.3 is 20.1 Å². The molecule has 0 amide bonds. The van der Waals surface area contributed by atoms with Crippen LogP contribution in [-0.4, -0.2) is 57.2 Å². The molecule has 1 saturated heterocycles. The highest BCUT2D eigenvalue weighted by molar-refractivity contribution is 8.00. The Kier molecular flexibility index (Phi) is 5.15. The highest BCUT2D eigenvalue weighted by Gasteiger charge is 2.63. The van der Waals surface area contributed by atoms with Crippen LogP contribution in [0.2, 0.25) is 0 Å². The molecule has 3 N–H and O–H groups in total. The first kappa shape index (κ1) is 19.7. The Morgan fingerprint density at radius 2 is 2.11 bits per heavy atom. The van der Waals surface area contributed by atoms with E-state index < -0.39 is 11.5 Å². The van der Waals surface area contributed by atoms with Crippen LogP contribution in [0.3, 0.4) is 0 Å². The van der Waals surface area contributed by atoms with Crippen LogP contribution in [0, 0.1) is 22.7 Å². The fourth-order valence-electron chi connectivity index (χ4n) is 6.37. The smallest absolute Gasteiger partial charge is 0.305 e. The van der Waals surface area contributed by atoms with Gasteiger partial charge in [0.2, 0.25) is 0 Å². The van der Waals surface area contributed by atoms with E-state index in [0.717, 1.165) is 25.7 Å². The van der Waals surface area contributed by atoms with Crippen molar-refractivity contribution in [3.8, 4) is 0 Å². The Hall–Kier alpha value is -0.560. The quantitative estimate of drug-likeness (QED) is 0.501. The van der Waals surface area contributed by atoms with Gasteiger partial charge in [-0.3, -0.25) is 4.79 Å². The summed E-state index contributed by atoms with van der Waals surface area (Å²) < 4.78 is 5.74. The number of aliphatic hydroxyl groups excluding tert-OH is 3. The zero-order valence-corrected chi connectivity index (χ0v) is 17.1. The summed E-state index contributed by atoms with van der Waals surface area (Å²) in [6.45, 7) is 4.09. The minimum absolute atomic E-state index is 0.00569. The zero-order valence-electron chi connectivity index (χ0n) is 16.3. The van der Waals surface area contributed by atoms with Gasteiger partial charge in [-0.1, -0.05) is 25.5 Å². The third kappa shape index (κ3) is 2.90. The molecule has 0 aromatic heterocycles. The molecule has 3 fully saturated rings. The highest BCUT2D eigenvalue weighted by Crippen LogP contribution is 2.64. The van der Waals surface area contributed by atoms with Gasteiger partial charge in [0, 0.05) is 28.8 Å². The van der Waals surface area contributed by atoms with Crippen molar-refractivity contribution in [1.29, 1.82) is 0 Å². The van der Waals surface area contributed by atoms with Crippen molar-refractivity contribution < 1.29 is 24.9 Å². The fraction of sp³-hybridized carbons (Fsp3) is 0.857. The molecule has 5 nitrogen and oxygen atoms in total. The second kappa shape index (κ2) is 7.05. The van der Waals surface area contributed by atoms with E-state index in [-0.39, 0.29) is 41.4 Å². The molecule has 8 atom stereocenters. The molecule has 27 heavy (non-hydrogen) atoms. The minimum Gasteiger partial charge on any atom is -0.461 e. The van der Waals surface area contributed by atoms with Crippen molar-refractivity contribution in [1.82, 2.24) is 0 Å². The van der Waals surface area contributed by atoms with Gasteiger partial charge in [-0.25, -0.2) is 0 Å². The van der Waals surface area contributed by atoms with Crippen LogP contribution in [0.25, 0.3) is 0 Å². The average molecular weight is 397 g/mol. The molecule has 4 aliphatic rings. The van der Waals surface area contributed by atoms with Crippen LogP contribution in [0.4, 0.5) is 0 Å². The summed E-state index contributed by atoms with van der Waals surface area (Å²) in [4.78, 5) is 11.9. The van der Waals surface area contributed by atoms with Crippen LogP contribution in [0.5, 0.6) is 0 Å². The van der Waals surface area contributed by atoms with Gasteiger partial charge in [0.25, 0.3) is 0 Å². The van der Waals surface area contributed by atoms with Crippen molar-refractivity contribution in [2.45, 2.75) is 75.9 Å². The van der Waals surface area contributed by atoms with E-state index in [0.29, 0.717) is 24.5 Å². The number of ether oxygens (including phenoxy) is 1. The Bertz CT molecular complexity index is 636. The highest BCUT2D eigenvalue weighted by atomic mass is 32.2. The number of hydrogen-bond acceptors (Lipinski definition) is 6. The fourth-order valence-corrected chi connectivity index (χ4v) is 8.40. The molecule has 1 aliphatic heterocycles. The second-order valence-corrected chi connectivity index (χ2v) is 10.4. The topological polar surface area (TPSA) is 87.0 Å². The molecule has 0 aromatic rings. The monoisotopic (exact) mass is 396 g/mol. The molecule has 6 heteroatoms. The van der Waals surface area contributed by atoms with Gasteiger partial charge in [-0.05, 0) is 43.4 Å². The normalized spacial score (nSPS) is 48.9. The molecule has 152 valence electrons. The SMILES string of the molecule is CCC(=O)O[C@H]1CSC2C3C(O)C=C4C[C@@H](O)CC[C@]4(C)C3CC[C@@]21CO. The number of aliphatic hydroxyl groups is 3. The standard InChI is InChI=1S/C21H32O5S/c1-3-17(25)26-16-10-27-19-18-14(5-7-21(16,19)11-22)20(2)6-4-13(23)8-12(20)9-15(18)24/h9,13-16,18-19,22-24H,3-8,10-11H2,1-2H3/t13-,14?,15?,16-,18?,19?,20-,21-/m0/s1. The molecule has 0 spiro atoms. The molecule has 0 bridgehead atoms. The van der Waals surface area contributed by atoms with Gasteiger partial charge in [0.15, 0.2) is 0 Å². The number of hydrogen-bond donors (Lipinski definition) is 3. The number of thioether (sulfide) groups is 1. The third-order valence-corrected chi connectivity index (χ3v) is 9.64. The molecule has 4 rings (SSSR count). The Morgan fingerprint density at radius 3 is 2.81 bits per heavy atom. The molecular formula is C21H32O5S. The van der Waals surface area contributed by atoms with E-state index in [1.807, 2.05) is 6.08 Å². The summed E-state index contributed by atoms with van der Waals surface area (Å²) in [6, 6.07) is 0. The lowest BCUT2D eigenvalue weighted by molar-refractivity contribution is -0.161. The third-order valence-electron chi connectivity index (χ3n) is 8.00. The predicted molar refractivity (Wildman–Crippen MR) is 104 cm³/mol.